The summed E-state index contributed by atoms with van der Waals surface area (Å²) in [5.41, 5.74) is 0.760. The maximum absolute atomic E-state index is 12.0. The summed E-state index contributed by atoms with van der Waals surface area (Å²) in [7, 11) is 0. The largest absolute Gasteiger partial charge is 0.545 e. The predicted molar refractivity (Wildman–Crippen MR) is 93.7 cm³/mol. The van der Waals surface area contributed by atoms with Gasteiger partial charge in [0.2, 0.25) is 5.91 Å². The zero-order valence-corrected chi connectivity index (χ0v) is 14.3. The first-order valence-corrected chi connectivity index (χ1v) is 8.52. The standard InChI is InChI=1S/C16H13ClN2O5S/c17-11-3-6-13(16(21)22)14(7-11)18-15(20)9-25-8-10-1-4-12(5-2-10)19(23)24/h1-7H,8-9H2,(H,18,20)(H,21,22)/p-1. The molecule has 0 aliphatic heterocycles. The first-order valence-electron chi connectivity index (χ1n) is 6.98. The molecule has 0 radical (unpaired) electrons. The Morgan fingerprint density at radius 1 is 1.16 bits per heavy atom. The van der Waals surface area contributed by atoms with E-state index < -0.39 is 16.8 Å². The number of carbonyl (C=O) groups is 2. The number of carbonyl (C=O) groups excluding carboxylic acids is 2. The van der Waals surface area contributed by atoms with Crippen LogP contribution in [-0.4, -0.2) is 22.6 Å². The number of amides is 1. The fraction of sp³-hybridized carbons (Fsp3) is 0.125. The molecule has 25 heavy (non-hydrogen) atoms. The average molecular weight is 380 g/mol. The minimum absolute atomic E-state index is 0.00209. The monoisotopic (exact) mass is 379 g/mol. The normalized spacial score (nSPS) is 10.3. The second-order valence-electron chi connectivity index (χ2n) is 4.94. The smallest absolute Gasteiger partial charge is 0.269 e. The van der Waals surface area contributed by atoms with Crippen LogP contribution in [0.4, 0.5) is 11.4 Å². The third-order valence-electron chi connectivity index (χ3n) is 3.12. The summed E-state index contributed by atoms with van der Waals surface area (Å²) >= 11 is 7.10. The molecule has 0 unspecified atom stereocenters. The molecular weight excluding hydrogens is 368 g/mol. The SMILES string of the molecule is O=C(CSCc1ccc([N+](=O)[O-])cc1)Nc1cc(Cl)ccc1C(=O)[O-]. The summed E-state index contributed by atoms with van der Waals surface area (Å²) in [5, 5.41) is 24.4. The number of anilines is 1. The number of hydrogen-bond donors (Lipinski definition) is 1. The summed E-state index contributed by atoms with van der Waals surface area (Å²) in [6, 6.07) is 10.0. The number of carboxylic acid groups (broad SMARTS) is 1. The average Bonchev–Trinajstić information content (AvgIpc) is 2.55. The highest BCUT2D eigenvalue weighted by Crippen LogP contribution is 2.21. The van der Waals surface area contributed by atoms with Crippen molar-refractivity contribution in [2.24, 2.45) is 0 Å². The van der Waals surface area contributed by atoms with Gasteiger partial charge in [0.15, 0.2) is 0 Å². The molecule has 7 nitrogen and oxygen atoms in total. The Labute approximate surface area is 152 Å². The van der Waals surface area contributed by atoms with Crippen molar-refractivity contribution in [2.45, 2.75) is 5.75 Å². The summed E-state index contributed by atoms with van der Waals surface area (Å²) in [5.74, 6) is -1.24. The number of nitro benzene ring substituents is 1. The van der Waals surface area contributed by atoms with Crippen molar-refractivity contribution in [3.63, 3.8) is 0 Å². The van der Waals surface area contributed by atoms with E-state index in [0.717, 1.165) is 5.56 Å². The molecule has 130 valence electrons. The maximum atomic E-state index is 12.0. The van der Waals surface area contributed by atoms with E-state index in [1.54, 1.807) is 12.1 Å². The molecule has 0 aromatic heterocycles. The molecule has 0 bridgehead atoms. The lowest BCUT2D eigenvalue weighted by Gasteiger charge is -2.12. The van der Waals surface area contributed by atoms with Gasteiger partial charge in [0.25, 0.3) is 5.69 Å². The molecule has 0 spiro atoms. The minimum Gasteiger partial charge on any atom is -0.545 e. The predicted octanol–water partition coefficient (Wildman–Crippen LogP) is 2.48. The molecular formula is C16H12ClN2O5S-. The number of aromatic carboxylic acids is 1. The van der Waals surface area contributed by atoms with Crippen molar-refractivity contribution in [1.82, 2.24) is 0 Å². The highest BCUT2D eigenvalue weighted by molar-refractivity contribution is 7.99. The zero-order valence-electron chi connectivity index (χ0n) is 12.7. The second-order valence-corrected chi connectivity index (χ2v) is 6.36. The van der Waals surface area contributed by atoms with Crippen LogP contribution in [0.25, 0.3) is 0 Å². The van der Waals surface area contributed by atoms with Crippen LogP contribution in [0, 0.1) is 10.1 Å². The lowest BCUT2D eigenvalue weighted by atomic mass is 10.2. The number of nitro groups is 1. The quantitative estimate of drug-likeness (QED) is 0.584. The van der Waals surface area contributed by atoms with Crippen molar-refractivity contribution in [3.8, 4) is 0 Å². The van der Waals surface area contributed by atoms with E-state index in [2.05, 4.69) is 5.32 Å². The molecule has 1 N–H and O–H groups in total. The van der Waals surface area contributed by atoms with E-state index >= 15 is 0 Å². The first-order chi connectivity index (χ1) is 11.9. The van der Waals surface area contributed by atoms with Crippen molar-refractivity contribution < 1.29 is 19.6 Å². The Morgan fingerprint density at radius 3 is 2.44 bits per heavy atom. The fourth-order valence-corrected chi connectivity index (χ4v) is 2.92. The van der Waals surface area contributed by atoms with E-state index in [-0.39, 0.29) is 22.7 Å². The molecule has 0 atom stereocenters. The van der Waals surface area contributed by atoms with Crippen LogP contribution in [0.3, 0.4) is 0 Å². The van der Waals surface area contributed by atoms with Crippen LogP contribution in [0.1, 0.15) is 15.9 Å². The van der Waals surface area contributed by atoms with Crippen LogP contribution in [0.2, 0.25) is 5.02 Å². The van der Waals surface area contributed by atoms with Crippen molar-refractivity contribution >= 4 is 46.6 Å². The van der Waals surface area contributed by atoms with Gasteiger partial charge in [-0.05, 0) is 23.8 Å². The van der Waals surface area contributed by atoms with Gasteiger partial charge in [-0.1, -0.05) is 23.7 Å². The third kappa shape index (κ3) is 5.47. The molecule has 0 saturated carbocycles. The molecule has 2 aromatic carbocycles. The minimum atomic E-state index is -1.41. The second kappa shape index (κ2) is 8.50. The number of non-ortho nitro benzene ring substituents is 1. The third-order valence-corrected chi connectivity index (χ3v) is 4.36. The topological polar surface area (TPSA) is 112 Å². The zero-order chi connectivity index (χ0) is 18.4. The van der Waals surface area contributed by atoms with Gasteiger partial charge in [-0.3, -0.25) is 14.9 Å². The van der Waals surface area contributed by atoms with Crippen LogP contribution in [0.15, 0.2) is 42.5 Å². The number of rotatable bonds is 7. The number of nitrogens with zero attached hydrogens (tertiary/aromatic N) is 1. The summed E-state index contributed by atoms with van der Waals surface area (Å²) in [4.78, 5) is 33.1. The van der Waals surface area contributed by atoms with E-state index in [9.17, 15) is 24.8 Å². The lowest BCUT2D eigenvalue weighted by molar-refractivity contribution is -0.384. The molecule has 0 saturated heterocycles. The Hall–Kier alpha value is -2.58. The van der Waals surface area contributed by atoms with Gasteiger partial charge < -0.3 is 15.2 Å². The Morgan fingerprint density at radius 2 is 1.84 bits per heavy atom. The lowest BCUT2D eigenvalue weighted by Crippen LogP contribution is -2.25. The highest BCUT2D eigenvalue weighted by atomic mass is 35.5. The first kappa shape index (κ1) is 18.8. The van der Waals surface area contributed by atoms with Crippen LogP contribution < -0.4 is 10.4 Å². The van der Waals surface area contributed by atoms with Crippen LogP contribution in [-0.2, 0) is 10.5 Å². The number of thioether (sulfide) groups is 1. The van der Waals surface area contributed by atoms with Crippen LogP contribution >= 0.6 is 23.4 Å². The van der Waals surface area contributed by atoms with Gasteiger partial charge in [-0.15, -0.1) is 11.8 Å². The Bertz CT molecular complexity index is 811. The number of halogens is 1. The Balaban J connectivity index is 1.90. The molecule has 1 amide bonds. The van der Waals surface area contributed by atoms with E-state index in [0.29, 0.717) is 10.8 Å². The van der Waals surface area contributed by atoms with Crippen molar-refractivity contribution in [2.75, 3.05) is 11.1 Å². The van der Waals surface area contributed by atoms with Crippen LogP contribution in [0.5, 0.6) is 0 Å². The summed E-state index contributed by atoms with van der Waals surface area (Å²) in [6.07, 6.45) is 0. The summed E-state index contributed by atoms with van der Waals surface area (Å²) < 4.78 is 0. The molecule has 0 aliphatic carbocycles. The van der Waals surface area contributed by atoms with Gasteiger partial charge in [0, 0.05) is 28.5 Å². The highest BCUT2D eigenvalue weighted by Gasteiger charge is 2.09. The molecule has 0 heterocycles. The van der Waals surface area contributed by atoms with Gasteiger partial charge in [-0.2, -0.15) is 0 Å². The van der Waals surface area contributed by atoms with Gasteiger partial charge in [0.1, 0.15) is 0 Å². The summed E-state index contributed by atoms with van der Waals surface area (Å²) in [6.45, 7) is 0. The van der Waals surface area contributed by atoms with Gasteiger partial charge in [-0.25, -0.2) is 0 Å². The maximum Gasteiger partial charge on any atom is 0.269 e. The molecule has 0 aliphatic rings. The fourth-order valence-electron chi connectivity index (χ4n) is 1.96. The molecule has 9 heteroatoms. The molecule has 2 rings (SSSR count). The number of benzene rings is 2. The molecule has 2 aromatic rings. The number of hydrogen-bond acceptors (Lipinski definition) is 6. The van der Waals surface area contributed by atoms with Gasteiger partial charge >= 0.3 is 0 Å². The van der Waals surface area contributed by atoms with Crippen molar-refractivity contribution in [1.29, 1.82) is 0 Å². The number of nitrogens with one attached hydrogen (secondary N) is 1. The van der Waals surface area contributed by atoms with Crippen molar-refractivity contribution in [3.05, 3.63) is 68.7 Å². The van der Waals surface area contributed by atoms with Gasteiger partial charge in [0.05, 0.1) is 22.3 Å². The van der Waals surface area contributed by atoms with E-state index in [4.69, 9.17) is 11.6 Å². The number of carboxylic acids is 1. The van der Waals surface area contributed by atoms with E-state index in [1.165, 1.54) is 42.1 Å². The Kier molecular flexibility index (Phi) is 6.37. The molecule has 0 fully saturated rings. The van der Waals surface area contributed by atoms with E-state index in [1.807, 2.05) is 0 Å².